The predicted octanol–water partition coefficient (Wildman–Crippen LogP) is 0.0111. The van der Waals surface area contributed by atoms with E-state index in [1.54, 1.807) is 13.0 Å². The number of nitrogens with zero attached hydrogens (tertiary/aromatic N) is 2. The number of hydrogen-bond donors (Lipinski definition) is 2. The number of benzene rings is 1. The quantitative estimate of drug-likeness (QED) is 0.699. The second kappa shape index (κ2) is 4.15. The fourth-order valence-corrected chi connectivity index (χ4v) is 1.78. The molecule has 1 aromatic heterocycles. The van der Waals surface area contributed by atoms with Crippen LogP contribution in [0.2, 0.25) is 0 Å². The highest BCUT2D eigenvalue weighted by atomic mass is 19.1. The van der Waals surface area contributed by atoms with E-state index in [-0.39, 0.29) is 11.4 Å². The molecule has 0 saturated heterocycles. The molecule has 0 aliphatic heterocycles. The minimum Gasteiger partial charge on any atom is -0.422 e. The summed E-state index contributed by atoms with van der Waals surface area (Å²) < 4.78 is 13.6. The minimum absolute atomic E-state index is 0.00569. The van der Waals surface area contributed by atoms with Crippen molar-refractivity contribution in [1.82, 2.24) is 10.2 Å². The van der Waals surface area contributed by atoms with E-state index in [2.05, 4.69) is 10.2 Å². The highest BCUT2D eigenvalue weighted by molar-refractivity contribution is 6.60. The average molecular weight is 220 g/mol. The summed E-state index contributed by atoms with van der Waals surface area (Å²) in [5, 5.41) is 26.7. The van der Waals surface area contributed by atoms with Crippen LogP contribution >= 0.6 is 0 Å². The number of aryl methyl sites for hydroxylation is 1. The molecule has 0 radical (unpaired) electrons. The van der Waals surface area contributed by atoms with Gasteiger partial charge in [0.05, 0.1) is 6.20 Å². The van der Waals surface area contributed by atoms with Gasteiger partial charge in [0, 0.05) is 10.8 Å². The van der Waals surface area contributed by atoms with Crippen LogP contribution in [0.1, 0.15) is 12.5 Å². The Morgan fingerprint density at radius 3 is 2.75 bits per heavy atom. The first-order valence-corrected chi connectivity index (χ1v) is 4.94. The second-order valence-corrected chi connectivity index (χ2v) is 3.45. The van der Waals surface area contributed by atoms with Crippen molar-refractivity contribution in [2.75, 3.05) is 0 Å². The maximum atomic E-state index is 13.6. The number of hydrogen-bond acceptors (Lipinski definition) is 4. The molecular formula is C10H10BFN2O2. The van der Waals surface area contributed by atoms with Crippen LogP contribution in [0.15, 0.2) is 18.3 Å². The van der Waals surface area contributed by atoms with Crippen LogP contribution in [-0.4, -0.2) is 27.4 Å². The molecule has 0 fully saturated rings. The molecule has 0 bridgehead atoms. The molecule has 0 saturated carbocycles. The lowest BCUT2D eigenvalue weighted by Crippen LogP contribution is -2.34. The van der Waals surface area contributed by atoms with Crippen molar-refractivity contribution >= 4 is 23.5 Å². The van der Waals surface area contributed by atoms with Gasteiger partial charge in [-0.3, -0.25) is 0 Å². The van der Waals surface area contributed by atoms with Gasteiger partial charge in [0.1, 0.15) is 11.4 Å². The van der Waals surface area contributed by atoms with Crippen molar-refractivity contribution in [2.24, 2.45) is 0 Å². The van der Waals surface area contributed by atoms with Crippen LogP contribution in [-0.2, 0) is 6.42 Å². The Hall–Kier alpha value is -1.53. The van der Waals surface area contributed by atoms with E-state index in [1.807, 2.05) is 0 Å². The third-order valence-electron chi connectivity index (χ3n) is 2.50. The molecular weight excluding hydrogens is 210 g/mol. The van der Waals surface area contributed by atoms with Crippen LogP contribution < -0.4 is 5.59 Å². The smallest absolute Gasteiger partial charge is 0.422 e. The Balaban J connectivity index is 2.87. The van der Waals surface area contributed by atoms with Crippen LogP contribution in [0.3, 0.4) is 0 Å². The molecule has 0 spiro atoms. The number of halogens is 1. The van der Waals surface area contributed by atoms with Crippen LogP contribution in [0, 0.1) is 5.82 Å². The van der Waals surface area contributed by atoms with Crippen LogP contribution in [0.5, 0.6) is 0 Å². The molecule has 1 heterocycles. The Labute approximate surface area is 91.9 Å². The Morgan fingerprint density at radius 2 is 2.12 bits per heavy atom. The number of rotatable bonds is 2. The zero-order valence-electron chi connectivity index (χ0n) is 8.68. The van der Waals surface area contributed by atoms with Gasteiger partial charge in [-0.05, 0) is 24.1 Å². The van der Waals surface area contributed by atoms with Crippen molar-refractivity contribution in [2.45, 2.75) is 13.3 Å². The molecule has 16 heavy (non-hydrogen) atoms. The van der Waals surface area contributed by atoms with Crippen molar-refractivity contribution < 1.29 is 14.4 Å². The SMILES string of the molecule is CCc1c(F)ccc2cnnc(B(O)O)c12. The Morgan fingerprint density at radius 1 is 1.38 bits per heavy atom. The van der Waals surface area contributed by atoms with Gasteiger partial charge in [-0.15, -0.1) is 0 Å². The van der Waals surface area contributed by atoms with Crippen molar-refractivity contribution in [3.05, 3.63) is 29.7 Å². The second-order valence-electron chi connectivity index (χ2n) is 3.45. The summed E-state index contributed by atoms with van der Waals surface area (Å²) in [6.07, 6.45) is 1.92. The topological polar surface area (TPSA) is 66.2 Å². The molecule has 82 valence electrons. The predicted molar refractivity (Wildman–Crippen MR) is 58.7 cm³/mol. The van der Waals surface area contributed by atoms with E-state index in [0.717, 1.165) is 0 Å². The van der Waals surface area contributed by atoms with Crippen LogP contribution in [0.4, 0.5) is 4.39 Å². The van der Waals surface area contributed by atoms with Gasteiger partial charge < -0.3 is 10.0 Å². The Bertz CT molecular complexity index is 533. The molecule has 0 aliphatic rings. The molecule has 0 unspecified atom stereocenters. The third-order valence-corrected chi connectivity index (χ3v) is 2.50. The zero-order chi connectivity index (χ0) is 11.7. The van der Waals surface area contributed by atoms with Crippen LogP contribution in [0.25, 0.3) is 10.8 Å². The van der Waals surface area contributed by atoms with Crippen molar-refractivity contribution in [3.63, 3.8) is 0 Å². The lowest BCUT2D eigenvalue weighted by molar-refractivity contribution is 0.424. The maximum absolute atomic E-state index is 13.6. The fraction of sp³-hybridized carbons (Fsp3) is 0.200. The maximum Gasteiger partial charge on any atom is 0.510 e. The molecule has 4 nitrogen and oxygen atoms in total. The molecule has 2 N–H and O–H groups in total. The van der Waals surface area contributed by atoms with E-state index in [9.17, 15) is 4.39 Å². The summed E-state index contributed by atoms with van der Waals surface area (Å²) in [5.41, 5.74) is 0.421. The van der Waals surface area contributed by atoms with Gasteiger partial charge in [0.2, 0.25) is 0 Å². The van der Waals surface area contributed by atoms with Gasteiger partial charge in [-0.1, -0.05) is 6.92 Å². The Kier molecular flexibility index (Phi) is 2.85. The van der Waals surface area contributed by atoms with Gasteiger partial charge in [-0.2, -0.15) is 10.2 Å². The van der Waals surface area contributed by atoms with Crippen molar-refractivity contribution in [1.29, 1.82) is 0 Å². The summed E-state index contributed by atoms with van der Waals surface area (Å²) in [5.74, 6) is -0.370. The first kappa shape index (κ1) is 11.0. The molecule has 0 atom stereocenters. The summed E-state index contributed by atoms with van der Waals surface area (Å²) >= 11 is 0. The highest BCUT2D eigenvalue weighted by Crippen LogP contribution is 2.19. The lowest BCUT2D eigenvalue weighted by Gasteiger charge is -2.09. The fourth-order valence-electron chi connectivity index (χ4n) is 1.78. The van der Waals surface area contributed by atoms with Gasteiger partial charge >= 0.3 is 7.12 Å². The molecule has 2 aromatic rings. The summed E-state index contributed by atoms with van der Waals surface area (Å²) in [6, 6.07) is 2.89. The molecule has 0 aliphatic carbocycles. The van der Waals surface area contributed by atoms with E-state index in [4.69, 9.17) is 10.0 Å². The number of aromatic nitrogens is 2. The molecule has 1 aromatic carbocycles. The standard InChI is InChI=1S/C10H10BFN2O2/c1-2-7-8(12)4-3-6-5-13-14-10(9(6)7)11(15)16/h3-5,15-16H,2H2,1H3. The largest absolute Gasteiger partial charge is 0.510 e. The summed E-state index contributed by atoms with van der Waals surface area (Å²) in [7, 11) is -1.75. The number of fused-ring (bicyclic) bond motifs is 1. The van der Waals surface area contributed by atoms with E-state index in [0.29, 0.717) is 22.8 Å². The monoisotopic (exact) mass is 220 g/mol. The average Bonchev–Trinajstić information content (AvgIpc) is 2.28. The van der Waals surface area contributed by atoms with Gasteiger partial charge in [0.25, 0.3) is 0 Å². The molecule has 0 amide bonds. The van der Waals surface area contributed by atoms with E-state index in [1.165, 1.54) is 12.3 Å². The highest BCUT2D eigenvalue weighted by Gasteiger charge is 2.20. The third kappa shape index (κ3) is 1.66. The summed E-state index contributed by atoms with van der Waals surface area (Å²) in [6.45, 7) is 1.80. The lowest BCUT2D eigenvalue weighted by atomic mass is 9.81. The summed E-state index contributed by atoms with van der Waals surface area (Å²) in [4.78, 5) is 0. The zero-order valence-corrected chi connectivity index (χ0v) is 8.68. The van der Waals surface area contributed by atoms with E-state index < -0.39 is 7.12 Å². The first-order chi connectivity index (χ1) is 7.65. The molecule has 6 heteroatoms. The first-order valence-electron chi connectivity index (χ1n) is 4.94. The van der Waals surface area contributed by atoms with Gasteiger partial charge in [0.15, 0.2) is 0 Å². The minimum atomic E-state index is -1.75. The van der Waals surface area contributed by atoms with E-state index >= 15 is 0 Å². The normalized spacial score (nSPS) is 10.8. The van der Waals surface area contributed by atoms with Gasteiger partial charge in [-0.25, -0.2) is 4.39 Å². The van der Waals surface area contributed by atoms with Crippen molar-refractivity contribution in [3.8, 4) is 0 Å². The molecule has 2 rings (SSSR count).